The Hall–Kier alpha value is -1.09. The van der Waals surface area contributed by atoms with Crippen LogP contribution in [0.15, 0.2) is 18.2 Å². The fourth-order valence-corrected chi connectivity index (χ4v) is 3.00. The molecular formula is C18H27FO2. The molecule has 0 fully saturated rings. The van der Waals surface area contributed by atoms with Gasteiger partial charge in [0.25, 0.3) is 0 Å². The van der Waals surface area contributed by atoms with Gasteiger partial charge in [-0.3, -0.25) is 0 Å². The van der Waals surface area contributed by atoms with Crippen molar-refractivity contribution in [1.82, 2.24) is 0 Å². The zero-order valence-electron chi connectivity index (χ0n) is 13.0. The van der Waals surface area contributed by atoms with Crippen LogP contribution in [0.5, 0.6) is 5.75 Å². The number of aliphatic hydroxyl groups excluding tert-OH is 1. The zero-order chi connectivity index (χ0) is 15.1. The quantitative estimate of drug-likeness (QED) is 0.672. The number of halogens is 1. The average molecular weight is 294 g/mol. The Labute approximate surface area is 127 Å². The third-order valence-electron chi connectivity index (χ3n) is 4.24. The summed E-state index contributed by atoms with van der Waals surface area (Å²) in [7, 11) is 0. The van der Waals surface area contributed by atoms with Gasteiger partial charge in [0, 0.05) is 18.1 Å². The highest BCUT2D eigenvalue weighted by Gasteiger charge is 2.26. The third kappa shape index (κ3) is 4.99. The molecule has 1 aliphatic rings. The third-order valence-corrected chi connectivity index (χ3v) is 4.24. The van der Waals surface area contributed by atoms with Crippen LogP contribution < -0.4 is 4.74 Å². The molecule has 0 saturated carbocycles. The normalized spacial score (nSPS) is 20.9. The summed E-state index contributed by atoms with van der Waals surface area (Å²) in [4.78, 5) is 0. The van der Waals surface area contributed by atoms with Crippen LogP contribution in [-0.2, 0) is 0 Å². The van der Waals surface area contributed by atoms with Gasteiger partial charge in [0.1, 0.15) is 17.7 Å². The van der Waals surface area contributed by atoms with Crippen LogP contribution in [-0.4, -0.2) is 11.2 Å². The first-order valence-electron chi connectivity index (χ1n) is 8.35. The Morgan fingerprint density at radius 1 is 1.14 bits per heavy atom. The molecule has 0 spiro atoms. The highest BCUT2D eigenvalue weighted by molar-refractivity contribution is 5.37. The van der Waals surface area contributed by atoms with E-state index in [1.165, 1.54) is 50.7 Å². The van der Waals surface area contributed by atoms with E-state index in [0.29, 0.717) is 17.7 Å². The molecule has 21 heavy (non-hydrogen) atoms. The predicted octanol–water partition coefficient (Wildman–Crippen LogP) is 5.15. The Balaban J connectivity index is 1.71. The molecule has 1 aromatic rings. The van der Waals surface area contributed by atoms with E-state index in [0.717, 1.165) is 12.8 Å². The first-order chi connectivity index (χ1) is 10.2. The second kappa shape index (κ2) is 8.38. The molecule has 3 heteroatoms. The molecule has 2 rings (SSSR count). The van der Waals surface area contributed by atoms with Crippen LogP contribution >= 0.6 is 0 Å². The molecule has 0 saturated heterocycles. The van der Waals surface area contributed by atoms with Gasteiger partial charge in [-0.25, -0.2) is 4.39 Å². The van der Waals surface area contributed by atoms with Crippen LogP contribution in [0.4, 0.5) is 4.39 Å². The van der Waals surface area contributed by atoms with E-state index >= 15 is 0 Å². The monoisotopic (exact) mass is 294 g/mol. The summed E-state index contributed by atoms with van der Waals surface area (Å²) in [5.74, 6) is 0.208. The van der Waals surface area contributed by atoms with E-state index in [9.17, 15) is 9.50 Å². The van der Waals surface area contributed by atoms with Crippen LogP contribution in [0.25, 0.3) is 0 Å². The number of ether oxygens (including phenoxy) is 1. The lowest BCUT2D eigenvalue weighted by Gasteiger charge is -2.29. The first kappa shape index (κ1) is 16.3. The molecule has 2 nitrogen and oxygen atoms in total. The fraction of sp³-hybridized carbons (Fsp3) is 0.667. The van der Waals surface area contributed by atoms with Crippen molar-refractivity contribution >= 4 is 0 Å². The largest absolute Gasteiger partial charge is 0.490 e. The standard InChI is InChI=1S/C18H27FO2/c1-2-3-4-5-6-7-8-9-15-13-17(20)16-11-10-14(19)12-18(16)21-15/h10-12,15,17,20H,2-9,13H2,1H3/t15?,17-/m0/s1. The van der Waals surface area contributed by atoms with Crippen molar-refractivity contribution in [3.05, 3.63) is 29.6 Å². The maximum absolute atomic E-state index is 13.2. The van der Waals surface area contributed by atoms with Crippen molar-refractivity contribution in [2.75, 3.05) is 0 Å². The Morgan fingerprint density at radius 2 is 1.86 bits per heavy atom. The van der Waals surface area contributed by atoms with Gasteiger partial charge in [0.05, 0.1) is 6.10 Å². The lowest BCUT2D eigenvalue weighted by Crippen LogP contribution is -2.25. The maximum Gasteiger partial charge on any atom is 0.128 e. The summed E-state index contributed by atoms with van der Waals surface area (Å²) in [6.07, 6.45) is 9.94. The molecule has 0 radical (unpaired) electrons. The van der Waals surface area contributed by atoms with Crippen molar-refractivity contribution in [2.45, 2.75) is 76.9 Å². The molecule has 0 aliphatic carbocycles. The topological polar surface area (TPSA) is 29.5 Å². The number of hydrogen-bond donors (Lipinski definition) is 1. The number of hydrogen-bond acceptors (Lipinski definition) is 2. The predicted molar refractivity (Wildman–Crippen MR) is 83.0 cm³/mol. The molecule has 2 atom stereocenters. The number of aliphatic hydroxyl groups is 1. The maximum atomic E-state index is 13.2. The van der Waals surface area contributed by atoms with E-state index in [-0.39, 0.29) is 11.9 Å². The molecule has 0 amide bonds. The molecule has 1 heterocycles. The van der Waals surface area contributed by atoms with Gasteiger partial charge in [-0.2, -0.15) is 0 Å². The van der Waals surface area contributed by atoms with Crippen molar-refractivity contribution in [3.8, 4) is 5.75 Å². The lowest BCUT2D eigenvalue weighted by molar-refractivity contribution is 0.0601. The Kier molecular flexibility index (Phi) is 6.50. The van der Waals surface area contributed by atoms with E-state index in [4.69, 9.17) is 4.74 Å². The molecule has 0 bridgehead atoms. The van der Waals surface area contributed by atoms with Gasteiger partial charge >= 0.3 is 0 Å². The lowest BCUT2D eigenvalue weighted by atomic mass is 9.96. The molecule has 0 aromatic heterocycles. The van der Waals surface area contributed by atoms with Gasteiger partial charge in [-0.1, -0.05) is 45.4 Å². The fourth-order valence-electron chi connectivity index (χ4n) is 3.00. The van der Waals surface area contributed by atoms with Gasteiger partial charge in [-0.15, -0.1) is 0 Å². The Bertz CT molecular complexity index is 433. The van der Waals surface area contributed by atoms with Crippen molar-refractivity contribution in [3.63, 3.8) is 0 Å². The highest BCUT2D eigenvalue weighted by atomic mass is 19.1. The summed E-state index contributed by atoms with van der Waals surface area (Å²) in [6.45, 7) is 2.23. The van der Waals surface area contributed by atoms with Crippen LogP contribution in [0.2, 0.25) is 0 Å². The molecule has 1 aromatic carbocycles. The summed E-state index contributed by atoms with van der Waals surface area (Å²) in [5.41, 5.74) is 0.715. The van der Waals surface area contributed by atoms with Gasteiger partial charge in [0.15, 0.2) is 0 Å². The van der Waals surface area contributed by atoms with Crippen molar-refractivity contribution in [1.29, 1.82) is 0 Å². The van der Waals surface area contributed by atoms with E-state index < -0.39 is 6.10 Å². The second-order valence-corrected chi connectivity index (χ2v) is 6.08. The average Bonchev–Trinajstić information content (AvgIpc) is 2.46. The van der Waals surface area contributed by atoms with Crippen LogP contribution in [0, 0.1) is 5.82 Å². The summed E-state index contributed by atoms with van der Waals surface area (Å²) >= 11 is 0. The van der Waals surface area contributed by atoms with Gasteiger partial charge in [-0.05, 0) is 25.0 Å². The molecular weight excluding hydrogens is 267 g/mol. The first-order valence-corrected chi connectivity index (χ1v) is 8.35. The molecule has 1 N–H and O–H groups in total. The molecule has 118 valence electrons. The number of unbranched alkanes of at least 4 members (excludes halogenated alkanes) is 6. The minimum absolute atomic E-state index is 0.0185. The second-order valence-electron chi connectivity index (χ2n) is 6.08. The van der Waals surface area contributed by atoms with Gasteiger partial charge < -0.3 is 9.84 Å². The Morgan fingerprint density at radius 3 is 2.62 bits per heavy atom. The molecule has 1 aliphatic heterocycles. The molecule has 1 unspecified atom stereocenters. The summed E-state index contributed by atoms with van der Waals surface area (Å²) < 4.78 is 19.1. The SMILES string of the molecule is CCCCCCCCCC1C[C@H](O)c2ccc(F)cc2O1. The van der Waals surface area contributed by atoms with E-state index in [2.05, 4.69) is 6.92 Å². The summed E-state index contributed by atoms with van der Waals surface area (Å²) in [6, 6.07) is 4.39. The van der Waals surface area contributed by atoms with Crippen molar-refractivity contribution in [2.24, 2.45) is 0 Å². The zero-order valence-corrected chi connectivity index (χ0v) is 13.0. The summed E-state index contributed by atoms with van der Waals surface area (Å²) in [5, 5.41) is 10.1. The number of benzene rings is 1. The van der Waals surface area contributed by atoms with E-state index in [1.807, 2.05) is 0 Å². The van der Waals surface area contributed by atoms with E-state index in [1.54, 1.807) is 6.07 Å². The number of rotatable bonds is 8. The minimum atomic E-state index is -0.524. The van der Waals surface area contributed by atoms with Gasteiger partial charge in [0.2, 0.25) is 0 Å². The van der Waals surface area contributed by atoms with Crippen LogP contribution in [0.1, 0.15) is 76.4 Å². The smallest absolute Gasteiger partial charge is 0.128 e. The number of fused-ring (bicyclic) bond motifs is 1. The van der Waals surface area contributed by atoms with Crippen LogP contribution in [0.3, 0.4) is 0 Å². The minimum Gasteiger partial charge on any atom is -0.490 e. The van der Waals surface area contributed by atoms with Crippen molar-refractivity contribution < 1.29 is 14.2 Å². The highest BCUT2D eigenvalue weighted by Crippen LogP contribution is 2.36.